The van der Waals surface area contributed by atoms with Gasteiger partial charge >= 0.3 is 0 Å². The quantitative estimate of drug-likeness (QED) is 0.463. The molecule has 0 aliphatic heterocycles. The van der Waals surface area contributed by atoms with Crippen LogP contribution in [0.2, 0.25) is 0 Å². The lowest BCUT2D eigenvalue weighted by atomic mass is 10.0. The van der Waals surface area contributed by atoms with Crippen LogP contribution in [0.3, 0.4) is 0 Å². The van der Waals surface area contributed by atoms with Crippen LogP contribution in [-0.4, -0.2) is 31.3 Å². The van der Waals surface area contributed by atoms with Crippen molar-refractivity contribution in [2.24, 2.45) is 5.92 Å². The van der Waals surface area contributed by atoms with Gasteiger partial charge < -0.3 is 4.98 Å². The van der Waals surface area contributed by atoms with Crippen molar-refractivity contribution in [2.75, 3.05) is 0 Å². The first kappa shape index (κ1) is 22.1. The Morgan fingerprint density at radius 3 is 2.32 bits per heavy atom. The number of rotatable bonds is 7. The average Bonchev–Trinajstić information content (AvgIpc) is 3.05. The van der Waals surface area contributed by atoms with Gasteiger partial charge in [-0.3, -0.25) is 20.4 Å². The molecule has 0 aliphatic carbocycles. The van der Waals surface area contributed by atoms with Crippen molar-refractivity contribution in [3.8, 4) is 0 Å². The number of hydrogen-bond acceptors (Lipinski definition) is 4. The monoisotopic (exact) mass is 470 g/mol. The van der Waals surface area contributed by atoms with Crippen LogP contribution in [0.4, 0.5) is 0 Å². The Hall–Kier alpha value is -2.17. The lowest BCUT2D eigenvalue weighted by molar-refractivity contribution is -0.123. The second-order valence-electron chi connectivity index (χ2n) is 6.79. The van der Waals surface area contributed by atoms with E-state index in [1.54, 1.807) is 24.4 Å². The Balaban J connectivity index is 2.08. The van der Waals surface area contributed by atoms with Gasteiger partial charge in [0.25, 0.3) is 11.8 Å². The molecule has 2 amide bonds. The van der Waals surface area contributed by atoms with Crippen LogP contribution in [0.25, 0.3) is 0 Å². The number of carbonyl (C=O) groups excluding carboxylic acids is 2. The predicted molar refractivity (Wildman–Crippen MR) is 109 cm³/mol. The van der Waals surface area contributed by atoms with Crippen molar-refractivity contribution in [3.05, 3.63) is 52.3 Å². The van der Waals surface area contributed by atoms with E-state index in [9.17, 15) is 18.0 Å². The summed E-state index contributed by atoms with van der Waals surface area (Å²) in [6, 6.07) is 6.83. The maximum absolute atomic E-state index is 12.6. The minimum absolute atomic E-state index is 0.0477. The summed E-state index contributed by atoms with van der Waals surface area (Å²) in [5.41, 5.74) is 5.72. The highest BCUT2D eigenvalue weighted by molar-refractivity contribution is 9.10. The van der Waals surface area contributed by atoms with Gasteiger partial charge in [0.2, 0.25) is 10.0 Å². The number of hydrogen-bond donors (Lipinski definition) is 4. The molecule has 0 saturated heterocycles. The molecule has 4 N–H and O–H groups in total. The number of sulfonamides is 1. The van der Waals surface area contributed by atoms with E-state index < -0.39 is 27.9 Å². The van der Waals surface area contributed by atoms with E-state index in [4.69, 9.17) is 0 Å². The fraction of sp³-hybridized carbons (Fsp3) is 0.333. The highest BCUT2D eigenvalue weighted by Gasteiger charge is 2.27. The summed E-state index contributed by atoms with van der Waals surface area (Å²) in [5.74, 6) is -1.15. The average molecular weight is 471 g/mol. The Bertz CT molecular complexity index is 939. The first-order chi connectivity index (χ1) is 13.1. The van der Waals surface area contributed by atoms with Crippen molar-refractivity contribution in [1.82, 2.24) is 20.6 Å². The molecule has 0 fully saturated rings. The topological polar surface area (TPSA) is 120 Å². The second-order valence-corrected chi connectivity index (χ2v) is 9.42. The molecule has 1 heterocycles. The van der Waals surface area contributed by atoms with Crippen LogP contribution < -0.4 is 15.6 Å². The summed E-state index contributed by atoms with van der Waals surface area (Å²) in [6.45, 7) is 5.59. The van der Waals surface area contributed by atoms with Gasteiger partial charge in [-0.05, 0) is 53.4 Å². The molecular weight excluding hydrogens is 448 g/mol. The van der Waals surface area contributed by atoms with E-state index >= 15 is 0 Å². The van der Waals surface area contributed by atoms with E-state index in [0.717, 1.165) is 5.56 Å². The second kappa shape index (κ2) is 9.35. The standard InChI is InChI=1S/C18H23BrN4O4S/c1-11(2)8-16(23-28(26,27)14-6-4-12(3)5-7-14)18(25)22-21-17(24)15-9-13(19)10-20-15/h4-7,9-11,16,20,23H,8H2,1-3H3,(H,21,24)(H,22,25)/t16-/m0/s1. The van der Waals surface area contributed by atoms with E-state index in [-0.39, 0.29) is 22.9 Å². The Labute approximate surface area is 172 Å². The van der Waals surface area contributed by atoms with Crippen LogP contribution >= 0.6 is 15.9 Å². The number of halogens is 1. The molecule has 8 nitrogen and oxygen atoms in total. The molecule has 0 unspecified atom stereocenters. The zero-order chi connectivity index (χ0) is 20.9. The molecule has 1 atom stereocenters. The molecule has 28 heavy (non-hydrogen) atoms. The summed E-state index contributed by atoms with van der Waals surface area (Å²) >= 11 is 3.22. The zero-order valence-electron chi connectivity index (χ0n) is 15.7. The molecule has 0 radical (unpaired) electrons. The molecule has 0 saturated carbocycles. The molecule has 10 heteroatoms. The predicted octanol–water partition coefficient (Wildman–Crippen LogP) is 2.24. The van der Waals surface area contributed by atoms with Gasteiger partial charge in [-0.15, -0.1) is 0 Å². The van der Waals surface area contributed by atoms with E-state index in [2.05, 4.69) is 36.5 Å². The summed E-state index contributed by atoms with van der Waals surface area (Å²) in [6.07, 6.45) is 1.84. The molecule has 0 bridgehead atoms. The van der Waals surface area contributed by atoms with Gasteiger partial charge in [0.1, 0.15) is 11.7 Å². The molecule has 1 aromatic heterocycles. The molecule has 2 rings (SSSR count). The maximum atomic E-state index is 12.6. The van der Waals surface area contributed by atoms with Crippen molar-refractivity contribution >= 4 is 37.8 Å². The molecule has 0 spiro atoms. The third kappa shape index (κ3) is 6.18. The number of carbonyl (C=O) groups is 2. The number of aromatic nitrogens is 1. The van der Waals surface area contributed by atoms with Gasteiger partial charge in [-0.1, -0.05) is 31.5 Å². The Morgan fingerprint density at radius 2 is 1.79 bits per heavy atom. The highest BCUT2D eigenvalue weighted by atomic mass is 79.9. The Kier molecular flexibility index (Phi) is 7.39. The van der Waals surface area contributed by atoms with Gasteiger partial charge in [-0.25, -0.2) is 8.42 Å². The lowest BCUT2D eigenvalue weighted by Gasteiger charge is -2.20. The largest absolute Gasteiger partial charge is 0.356 e. The molecular formula is C18H23BrN4O4S. The summed E-state index contributed by atoms with van der Waals surface area (Å²) < 4.78 is 28.3. The van der Waals surface area contributed by atoms with E-state index in [0.29, 0.717) is 4.47 Å². The minimum atomic E-state index is -3.89. The number of aromatic amines is 1. The normalized spacial score (nSPS) is 12.6. The number of benzene rings is 1. The first-order valence-corrected chi connectivity index (χ1v) is 10.9. The smallest absolute Gasteiger partial charge is 0.286 e. The third-order valence-electron chi connectivity index (χ3n) is 3.84. The van der Waals surface area contributed by atoms with Crippen LogP contribution in [0.15, 0.2) is 45.9 Å². The van der Waals surface area contributed by atoms with E-state index in [1.165, 1.54) is 12.1 Å². The van der Waals surface area contributed by atoms with Crippen molar-refractivity contribution < 1.29 is 18.0 Å². The highest BCUT2D eigenvalue weighted by Crippen LogP contribution is 2.13. The zero-order valence-corrected chi connectivity index (χ0v) is 18.1. The molecule has 152 valence electrons. The number of nitrogens with one attached hydrogen (secondary N) is 4. The fourth-order valence-corrected chi connectivity index (χ4v) is 3.98. The van der Waals surface area contributed by atoms with Crippen LogP contribution in [0, 0.1) is 12.8 Å². The SMILES string of the molecule is Cc1ccc(S(=O)(=O)N[C@@H](CC(C)C)C(=O)NNC(=O)c2cc(Br)c[nH]2)cc1. The van der Waals surface area contributed by atoms with Gasteiger partial charge in [0.15, 0.2) is 0 Å². The lowest BCUT2D eigenvalue weighted by Crippen LogP contribution is -2.52. The third-order valence-corrected chi connectivity index (χ3v) is 5.79. The number of hydrazine groups is 1. The minimum Gasteiger partial charge on any atom is -0.356 e. The van der Waals surface area contributed by atoms with Crippen molar-refractivity contribution in [2.45, 2.75) is 38.1 Å². The van der Waals surface area contributed by atoms with Gasteiger partial charge in [0.05, 0.1) is 4.90 Å². The molecule has 2 aromatic rings. The van der Waals surface area contributed by atoms with Crippen LogP contribution in [0.5, 0.6) is 0 Å². The van der Waals surface area contributed by atoms with Crippen LogP contribution in [-0.2, 0) is 14.8 Å². The Morgan fingerprint density at radius 1 is 1.14 bits per heavy atom. The summed E-state index contributed by atoms with van der Waals surface area (Å²) in [7, 11) is -3.89. The number of amides is 2. The van der Waals surface area contributed by atoms with E-state index in [1.807, 2.05) is 20.8 Å². The number of aryl methyl sites for hydroxylation is 1. The molecule has 0 aliphatic rings. The summed E-state index contributed by atoms with van der Waals surface area (Å²) in [5, 5.41) is 0. The summed E-state index contributed by atoms with van der Waals surface area (Å²) in [4.78, 5) is 27.3. The molecule has 1 aromatic carbocycles. The van der Waals surface area contributed by atoms with Gasteiger partial charge in [-0.2, -0.15) is 4.72 Å². The van der Waals surface area contributed by atoms with Crippen molar-refractivity contribution in [3.63, 3.8) is 0 Å². The number of H-pyrrole nitrogens is 1. The van der Waals surface area contributed by atoms with Gasteiger partial charge in [0, 0.05) is 10.7 Å². The maximum Gasteiger partial charge on any atom is 0.286 e. The van der Waals surface area contributed by atoms with Crippen LogP contribution in [0.1, 0.15) is 36.3 Å². The van der Waals surface area contributed by atoms with Crippen molar-refractivity contribution in [1.29, 1.82) is 0 Å². The fourth-order valence-electron chi connectivity index (χ4n) is 2.42. The first-order valence-electron chi connectivity index (χ1n) is 8.61.